The maximum atomic E-state index is 13.0. The normalized spacial score (nSPS) is 11.8. The molecule has 4 rings (SSSR count). The first-order valence-electron chi connectivity index (χ1n) is 9.59. The highest BCUT2D eigenvalue weighted by atomic mass is 35.5. The third-order valence-corrected chi connectivity index (χ3v) is 6.60. The molecule has 160 valence electrons. The largest absolute Gasteiger partial charge is 0.495 e. The number of hydrogen-bond donors (Lipinski definition) is 1. The van der Waals surface area contributed by atoms with Gasteiger partial charge in [-0.15, -0.1) is 0 Å². The molecule has 9 heteroatoms. The summed E-state index contributed by atoms with van der Waals surface area (Å²) in [5.74, 6) is 1.18. The average Bonchev–Trinajstić information content (AvgIpc) is 3.22. The number of aromatic nitrogens is 3. The number of methoxy groups -OCH3 is 1. The first-order valence-corrected chi connectivity index (χ1v) is 11.4. The number of halogens is 1. The molecule has 7 nitrogen and oxygen atoms in total. The van der Waals surface area contributed by atoms with E-state index in [-0.39, 0.29) is 10.7 Å². The monoisotopic (exact) mass is 456 g/mol. The van der Waals surface area contributed by atoms with Crippen molar-refractivity contribution in [1.29, 1.82) is 0 Å². The van der Waals surface area contributed by atoms with Crippen LogP contribution in [0.25, 0.3) is 16.8 Å². The van der Waals surface area contributed by atoms with Crippen LogP contribution in [-0.2, 0) is 10.0 Å². The molecule has 0 aliphatic rings. The van der Waals surface area contributed by atoms with Gasteiger partial charge in [0, 0.05) is 11.8 Å². The summed E-state index contributed by atoms with van der Waals surface area (Å²) < 4.78 is 35.2. The predicted molar refractivity (Wildman–Crippen MR) is 121 cm³/mol. The van der Waals surface area contributed by atoms with E-state index in [4.69, 9.17) is 16.3 Å². The summed E-state index contributed by atoms with van der Waals surface area (Å²) in [5.41, 5.74) is 2.93. The smallest absolute Gasteiger partial charge is 0.263 e. The van der Waals surface area contributed by atoms with Crippen LogP contribution in [0.4, 0.5) is 5.82 Å². The molecule has 0 saturated heterocycles. The van der Waals surface area contributed by atoms with Crippen LogP contribution in [-0.4, -0.2) is 30.1 Å². The number of pyridine rings is 2. The minimum atomic E-state index is -3.81. The van der Waals surface area contributed by atoms with E-state index in [1.165, 1.54) is 4.52 Å². The molecule has 0 unspecified atom stereocenters. The van der Waals surface area contributed by atoms with Gasteiger partial charge in [-0.3, -0.25) is 9.71 Å². The molecular formula is C22H21ClN4O3S. The Morgan fingerprint density at radius 2 is 1.81 bits per heavy atom. The SMILES string of the molecule is COc1cncc(-c2cc3c(Cl)ccc(NS(=O)(=O)c4ccc(C(C)C)cc4)n3n2)c1. The molecule has 31 heavy (non-hydrogen) atoms. The lowest BCUT2D eigenvalue weighted by atomic mass is 10.0. The van der Waals surface area contributed by atoms with E-state index in [0.717, 1.165) is 11.1 Å². The molecule has 0 atom stereocenters. The van der Waals surface area contributed by atoms with E-state index in [0.29, 0.717) is 27.9 Å². The third-order valence-electron chi connectivity index (χ3n) is 4.91. The molecule has 4 aromatic rings. The Morgan fingerprint density at radius 3 is 2.48 bits per heavy atom. The molecule has 3 heterocycles. The lowest BCUT2D eigenvalue weighted by molar-refractivity contribution is 0.413. The number of benzene rings is 1. The zero-order valence-electron chi connectivity index (χ0n) is 17.2. The number of nitrogens with zero attached hydrogens (tertiary/aromatic N) is 3. The number of rotatable bonds is 6. The van der Waals surface area contributed by atoms with Gasteiger partial charge >= 0.3 is 0 Å². The molecule has 0 aliphatic carbocycles. The van der Waals surface area contributed by atoms with Crippen molar-refractivity contribution in [2.75, 3.05) is 11.8 Å². The number of fused-ring (bicyclic) bond motifs is 1. The fourth-order valence-corrected chi connectivity index (χ4v) is 4.40. The van der Waals surface area contributed by atoms with Gasteiger partial charge in [-0.1, -0.05) is 37.6 Å². The molecule has 0 radical (unpaired) electrons. The molecule has 1 aromatic carbocycles. The van der Waals surface area contributed by atoms with Crippen molar-refractivity contribution in [3.8, 4) is 17.0 Å². The lowest BCUT2D eigenvalue weighted by Crippen LogP contribution is -2.15. The fraction of sp³-hybridized carbons (Fsp3) is 0.182. The molecule has 3 aromatic heterocycles. The van der Waals surface area contributed by atoms with E-state index < -0.39 is 10.0 Å². The second-order valence-corrected chi connectivity index (χ2v) is 9.43. The average molecular weight is 457 g/mol. The summed E-state index contributed by atoms with van der Waals surface area (Å²) in [6.45, 7) is 4.11. The van der Waals surface area contributed by atoms with Crippen molar-refractivity contribution in [3.05, 3.63) is 71.5 Å². The van der Waals surface area contributed by atoms with Crippen LogP contribution in [0.5, 0.6) is 5.75 Å². The Labute approximate surface area is 185 Å². The van der Waals surface area contributed by atoms with Crippen LogP contribution in [0.2, 0.25) is 5.02 Å². The van der Waals surface area contributed by atoms with E-state index in [1.54, 1.807) is 55.9 Å². The van der Waals surface area contributed by atoms with Crippen LogP contribution in [0.1, 0.15) is 25.3 Å². The van der Waals surface area contributed by atoms with Gasteiger partial charge in [0.05, 0.1) is 34.4 Å². The van der Waals surface area contributed by atoms with E-state index in [1.807, 2.05) is 12.1 Å². The standard InChI is InChI=1S/C22H21ClN4O3S/c1-14(2)15-4-6-18(7-5-15)31(28,29)26-22-9-8-19(23)21-11-20(25-27(21)22)16-10-17(30-3)13-24-12-16/h4-14,26H,1-3H3. The van der Waals surface area contributed by atoms with Gasteiger partial charge in [-0.05, 0) is 47.9 Å². The van der Waals surface area contributed by atoms with Crippen molar-refractivity contribution >= 4 is 33.0 Å². The van der Waals surface area contributed by atoms with Crippen molar-refractivity contribution < 1.29 is 13.2 Å². The van der Waals surface area contributed by atoms with Crippen LogP contribution >= 0.6 is 11.6 Å². The second-order valence-electron chi connectivity index (χ2n) is 7.34. The van der Waals surface area contributed by atoms with Crippen molar-refractivity contribution in [1.82, 2.24) is 14.6 Å². The van der Waals surface area contributed by atoms with Crippen LogP contribution in [0.15, 0.2) is 65.8 Å². The highest BCUT2D eigenvalue weighted by Crippen LogP contribution is 2.29. The van der Waals surface area contributed by atoms with Gasteiger partial charge in [0.25, 0.3) is 10.0 Å². The maximum absolute atomic E-state index is 13.0. The highest BCUT2D eigenvalue weighted by molar-refractivity contribution is 7.92. The van der Waals surface area contributed by atoms with Crippen LogP contribution in [0, 0.1) is 0 Å². The van der Waals surface area contributed by atoms with Gasteiger partial charge in [0.2, 0.25) is 0 Å². The van der Waals surface area contributed by atoms with Crippen molar-refractivity contribution in [3.63, 3.8) is 0 Å². The second kappa shape index (κ2) is 8.20. The molecular weight excluding hydrogens is 436 g/mol. The quantitative estimate of drug-likeness (QED) is 0.442. The zero-order chi connectivity index (χ0) is 22.2. The van der Waals surface area contributed by atoms with Crippen molar-refractivity contribution in [2.24, 2.45) is 0 Å². The van der Waals surface area contributed by atoms with Crippen molar-refractivity contribution in [2.45, 2.75) is 24.7 Å². The van der Waals surface area contributed by atoms with E-state index in [9.17, 15) is 8.42 Å². The minimum Gasteiger partial charge on any atom is -0.495 e. The molecule has 0 saturated carbocycles. The molecule has 1 N–H and O–H groups in total. The Morgan fingerprint density at radius 1 is 1.06 bits per heavy atom. The predicted octanol–water partition coefficient (Wildman–Crippen LogP) is 4.98. The summed E-state index contributed by atoms with van der Waals surface area (Å²) in [4.78, 5) is 4.32. The number of hydrogen-bond acceptors (Lipinski definition) is 5. The Hall–Kier alpha value is -3.10. The van der Waals surface area contributed by atoms with Gasteiger partial charge < -0.3 is 4.74 Å². The Kier molecular flexibility index (Phi) is 5.60. The maximum Gasteiger partial charge on any atom is 0.263 e. The highest BCUT2D eigenvalue weighted by Gasteiger charge is 2.18. The molecule has 0 fully saturated rings. The lowest BCUT2D eigenvalue weighted by Gasteiger charge is -2.11. The Balaban J connectivity index is 1.74. The minimum absolute atomic E-state index is 0.171. The fourth-order valence-electron chi connectivity index (χ4n) is 3.16. The van der Waals surface area contributed by atoms with Gasteiger partial charge in [0.15, 0.2) is 0 Å². The molecule has 0 aliphatic heterocycles. The topological polar surface area (TPSA) is 85.6 Å². The van der Waals surface area contributed by atoms with Gasteiger partial charge in [0.1, 0.15) is 11.6 Å². The number of anilines is 1. The van der Waals surface area contributed by atoms with Crippen LogP contribution in [0.3, 0.4) is 0 Å². The van der Waals surface area contributed by atoms with Gasteiger partial charge in [-0.2, -0.15) is 5.10 Å². The summed E-state index contributed by atoms with van der Waals surface area (Å²) >= 11 is 6.35. The number of nitrogens with one attached hydrogen (secondary N) is 1. The summed E-state index contributed by atoms with van der Waals surface area (Å²) in [6.07, 6.45) is 3.24. The first-order chi connectivity index (χ1) is 14.8. The molecule has 0 bridgehead atoms. The summed E-state index contributed by atoms with van der Waals surface area (Å²) in [7, 11) is -2.25. The molecule has 0 spiro atoms. The van der Waals surface area contributed by atoms with E-state index in [2.05, 4.69) is 28.7 Å². The molecule has 0 amide bonds. The Bertz CT molecular complexity index is 1350. The number of ether oxygens (including phenoxy) is 1. The first kappa shape index (κ1) is 21.1. The van der Waals surface area contributed by atoms with Crippen LogP contribution < -0.4 is 9.46 Å². The third kappa shape index (κ3) is 4.22. The van der Waals surface area contributed by atoms with Gasteiger partial charge in [-0.25, -0.2) is 12.9 Å². The van der Waals surface area contributed by atoms with E-state index >= 15 is 0 Å². The summed E-state index contributed by atoms with van der Waals surface area (Å²) in [6, 6.07) is 13.6. The zero-order valence-corrected chi connectivity index (χ0v) is 18.8. The summed E-state index contributed by atoms with van der Waals surface area (Å²) in [5, 5.41) is 4.99. The number of sulfonamides is 1.